The van der Waals surface area contributed by atoms with Gasteiger partial charge in [0.25, 0.3) is 0 Å². The van der Waals surface area contributed by atoms with Crippen LogP contribution in [0.3, 0.4) is 0 Å². The lowest BCUT2D eigenvalue weighted by molar-refractivity contribution is -0.121. The van der Waals surface area contributed by atoms with Crippen molar-refractivity contribution in [2.45, 2.75) is 12.3 Å². The van der Waals surface area contributed by atoms with E-state index < -0.39 is 0 Å². The van der Waals surface area contributed by atoms with E-state index in [2.05, 4.69) is 17.9 Å². The number of carbonyl (C=O) groups is 1. The number of hydrogen-bond acceptors (Lipinski definition) is 3. The predicted octanol–water partition coefficient (Wildman–Crippen LogP) is -0.0600. The van der Waals surface area contributed by atoms with E-state index in [4.69, 9.17) is 0 Å². The van der Waals surface area contributed by atoms with Gasteiger partial charge < -0.3 is 10.2 Å². The first-order valence-electron chi connectivity index (χ1n) is 3.14. The molecule has 3 nitrogen and oxygen atoms in total. The Balaban J connectivity index is 3.44. The average molecular weight is 162 g/mol. The van der Waals surface area contributed by atoms with Crippen LogP contribution in [0.4, 0.5) is 0 Å². The topological polar surface area (TPSA) is 32.3 Å². The smallest absolute Gasteiger partial charge is 0.235 e. The zero-order chi connectivity index (χ0) is 8.15. The summed E-state index contributed by atoms with van der Waals surface area (Å²) in [7, 11) is 3.70. The number of hydrogen-bond donors (Lipinski definition) is 2. The van der Waals surface area contributed by atoms with Crippen LogP contribution in [0.2, 0.25) is 0 Å². The molecule has 0 aromatic rings. The zero-order valence-electron chi connectivity index (χ0n) is 6.59. The van der Waals surface area contributed by atoms with Crippen molar-refractivity contribution in [3.05, 3.63) is 0 Å². The van der Waals surface area contributed by atoms with Crippen LogP contribution in [-0.2, 0) is 4.79 Å². The number of rotatable bonds is 3. The largest absolute Gasteiger partial charge is 0.344 e. The molecule has 0 aliphatic heterocycles. The zero-order valence-corrected chi connectivity index (χ0v) is 7.48. The SMILES string of the molecule is C[C@H](S)NC(=O)CN(C)C. The molecule has 0 saturated heterocycles. The molecule has 0 aromatic carbocycles. The Bertz CT molecular complexity index is 102. The normalized spacial score (nSPS) is 13.3. The van der Waals surface area contributed by atoms with Gasteiger partial charge >= 0.3 is 0 Å². The van der Waals surface area contributed by atoms with E-state index in [1.165, 1.54) is 0 Å². The monoisotopic (exact) mass is 162 g/mol. The second-order valence-electron chi connectivity index (χ2n) is 2.48. The average Bonchev–Trinajstić information content (AvgIpc) is 1.58. The minimum Gasteiger partial charge on any atom is -0.344 e. The van der Waals surface area contributed by atoms with E-state index in [-0.39, 0.29) is 11.3 Å². The fraction of sp³-hybridized carbons (Fsp3) is 0.833. The van der Waals surface area contributed by atoms with Gasteiger partial charge in [0.1, 0.15) is 0 Å². The number of nitrogens with zero attached hydrogens (tertiary/aromatic N) is 1. The molecule has 0 spiro atoms. The summed E-state index contributed by atoms with van der Waals surface area (Å²) in [6, 6.07) is 0. The van der Waals surface area contributed by atoms with E-state index in [1.807, 2.05) is 25.9 Å². The van der Waals surface area contributed by atoms with Gasteiger partial charge in [0.15, 0.2) is 0 Å². The van der Waals surface area contributed by atoms with Crippen molar-refractivity contribution in [1.29, 1.82) is 0 Å². The van der Waals surface area contributed by atoms with Crippen molar-refractivity contribution in [2.75, 3.05) is 20.6 Å². The highest BCUT2D eigenvalue weighted by Crippen LogP contribution is 1.85. The molecule has 4 heteroatoms. The van der Waals surface area contributed by atoms with Crippen LogP contribution in [-0.4, -0.2) is 36.8 Å². The van der Waals surface area contributed by atoms with Crippen LogP contribution < -0.4 is 5.32 Å². The first-order chi connectivity index (χ1) is 4.52. The second kappa shape index (κ2) is 4.57. The minimum atomic E-state index is -0.0625. The third-order valence-electron chi connectivity index (χ3n) is 0.830. The molecule has 60 valence electrons. The summed E-state index contributed by atoms with van der Waals surface area (Å²) in [5.41, 5.74) is 0. The Morgan fingerprint density at radius 1 is 1.70 bits per heavy atom. The summed E-state index contributed by atoms with van der Waals surface area (Å²) >= 11 is 4.01. The fourth-order valence-electron chi connectivity index (χ4n) is 0.566. The summed E-state index contributed by atoms with van der Waals surface area (Å²) in [5.74, 6) is 0.00694. The molecule has 0 rings (SSSR count). The number of carbonyl (C=O) groups excluding carboxylic acids is 1. The molecule has 1 amide bonds. The number of likely N-dealkylation sites (N-methyl/N-ethyl adjacent to an activating group) is 1. The molecule has 0 unspecified atom stereocenters. The van der Waals surface area contributed by atoms with E-state index in [0.29, 0.717) is 6.54 Å². The Hall–Kier alpha value is -0.220. The Kier molecular flexibility index (Phi) is 4.47. The fourth-order valence-corrected chi connectivity index (χ4v) is 0.710. The molecule has 0 heterocycles. The van der Waals surface area contributed by atoms with Crippen LogP contribution in [0.15, 0.2) is 0 Å². The Morgan fingerprint density at radius 3 is 2.50 bits per heavy atom. The van der Waals surface area contributed by atoms with Crippen LogP contribution >= 0.6 is 12.6 Å². The Labute approximate surface area is 67.2 Å². The van der Waals surface area contributed by atoms with Gasteiger partial charge in [-0.25, -0.2) is 0 Å². The highest BCUT2D eigenvalue weighted by atomic mass is 32.1. The van der Waals surface area contributed by atoms with Crippen LogP contribution in [0.1, 0.15) is 6.92 Å². The van der Waals surface area contributed by atoms with E-state index in [0.717, 1.165) is 0 Å². The first-order valence-corrected chi connectivity index (χ1v) is 3.66. The Morgan fingerprint density at radius 2 is 2.20 bits per heavy atom. The molecule has 0 saturated carbocycles. The third-order valence-corrected chi connectivity index (χ3v) is 0.959. The van der Waals surface area contributed by atoms with Gasteiger partial charge in [0.05, 0.1) is 11.9 Å². The quantitative estimate of drug-likeness (QED) is 0.450. The number of thiol groups is 1. The van der Waals surface area contributed by atoms with Crippen molar-refractivity contribution in [3.8, 4) is 0 Å². The molecule has 0 aromatic heterocycles. The maximum absolute atomic E-state index is 10.9. The van der Waals surface area contributed by atoms with E-state index >= 15 is 0 Å². The lowest BCUT2D eigenvalue weighted by Crippen LogP contribution is -2.36. The molecular formula is C6H14N2OS. The first kappa shape index (κ1) is 9.78. The molecule has 1 N–H and O–H groups in total. The van der Waals surface area contributed by atoms with Crippen molar-refractivity contribution < 1.29 is 4.79 Å². The molecule has 0 aliphatic rings. The van der Waals surface area contributed by atoms with Gasteiger partial charge in [0, 0.05) is 0 Å². The summed E-state index contributed by atoms with van der Waals surface area (Å²) in [6.45, 7) is 2.24. The molecule has 0 fully saturated rings. The molecule has 0 radical (unpaired) electrons. The molecule has 0 aliphatic carbocycles. The lowest BCUT2D eigenvalue weighted by atomic mass is 10.5. The number of nitrogens with one attached hydrogen (secondary N) is 1. The van der Waals surface area contributed by atoms with Gasteiger partial charge in [-0.15, -0.1) is 0 Å². The van der Waals surface area contributed by atoms with Crippen molar-refractivity contribution in [1.82, 2.24) is 10.2 Å². The molecule has 0 bridgehead atoms. The predicted molar refractivity (Wildman–Crippen MR) is 45.1 cm³/mol. The highest BCUT2D eigenvalue weighted by Gasteiger charge is 2.03. The van der Waals surface area contributed by atoms with E-state index in [9.17, 15) is 4.79 Å². The van der Waals surface area contributed by atoms with Gasteiger partial charge in [-0.3, -0.25) is 4.79 Å². The number of amides is 1. The van der Waals surface area contributed by atoms with Crippen molar-refractivity contribution in [3.63, 3.8) is 0 Å². The maximum Gasteiger partial charge on any atom is 0.235 e. The van der Waals surface area contributed by atoms with Crippen molar-refractivity contribution in [2.24, 2.45) is 0 Å². The van der Waals surface area contributed by atoms with Gasteiger partial charge in [-0.2, -0.15) is 12.6 Å². The summed E-state index contributed by atoms with van der Waals surface area (Å²) in [4.78, 5) is 12.7. The molecule has 1 atom stereocenters. The van der Waals surface area contributed by atoms with Gasteiger partial charge in [-0.05, 0) is 21.0 Å². The van der Waals surface area contributed by atoms with Gasteiger partial charge in [0.2, 0.25) is 5.91 Å². The van der Waals surface area contributed by atoms with Crippen molar-refractivity contribution >= 4 is 18.5 Å². The van der Waals surface area contributed by atoms with E-state index in [1.54, 1.807) is 0 Å². The minimum absolute atomic E-state index is 0.00694. The second-order valence-corrected chi connectivity index (χ2v) is 3.26. The maximum atomic E-state index is 10.9. The molecular weight excluding hydrogens is 148 g/mol. The third kappa shape index (κ3) is 5.91. The van der Waals surface area contributed by atoms with Crippen LogP contribution in [0.5, 0.6) is 0 Å². The highest BCUT2D eigenvalue weighted by molar-refractivity contribution is 7.80. The summed E-state index contributed by atoms with van der Waals surface area (Å²) in [6.07, 6.45) is 0. The van der Waals surface area contributed by atoms with Crippen LogP contribution in [0.25, 0.3) is 0 Å². The molecule has 10 heavy (non-hydrogen) atoms. The summed E-state index contributed by atoms with van der Waals surface area (Å²) in [5, 5.41) is 2.60. The standard InChI is InChI=1S/C6H14N2OS/c1-5(10)7-6(9)4-8(2)3/h5,10H,4H2,1-3H3,(H,7,9)/t5-/m0/s1. The summed E-state index contributed by atoms with van der Waals surface area (Å²) < 4.78 is 0. The van der Waals surface area contributed by atoms with Gasteiger partial charge in [-0.1, -0.05) is 0 Å². The lowest BCUT2D eigenvalue weighted by Gasteiger charge is -2.11. The van der Waals surface area contributed by atoms with Crippen LogP contribution in [0, 0.1) is 0 Å².